The molecule has 35 heavy (non-hydrogen) atoms. The van der Waals surface area contributed by atoms with Crippen LogP contribution in [0.2, 0.25) is 0 Å². The van der Waals surface area contributed by atoms with E-state index in [1.165, 1.54) is 59.9 Å². The van der Waals surface area contributed by atoms with Gasteiger partial charge in [-0.2, -0.15) is 0 Å². The first-order chi connectivity index (χ1) is 16.7. The van der Waals surface area contributed by atoms with E-state index < -0.39 is 34.4 Å². The van der Waals surface area contributed by atoms with Crippen LogP contribution in [0.5, 0.6) is 0 Å². The molecule has 0 bridgehead atoms. The highest BCUT2D eigenvalue weighted by molar-refractivity contribution is 5.95. The fourth-order valence-corrected chi connectivity index (χ4v) is 3.49. The Hall–Kier alpha value is -3.94. The van der Waals surface area contributed by atoms with E-state index in [0.29, 0.717) is 6.33 Å². The molecule has 0 N–H and O–H groups in total. The predicted molar refractivity (Wildman–Crippen MR) is 131 cm³/mol. The second-order valence-corrected chi connectivity index (χ2v) is 7.36. The Bertz CT molecular complexity index is 1350. The second kappa shape index (κ2) is 12.0. The van der Waals surface area contributed by atoms with Crippen LogP contribution in [0.3, 0.4) is 0 Å². The second-order valence-electron chi connectivity index (χ2n) is 7.36. The molecule has 0 atom stereocenters. The Kier molecular flexibility index (Phi) is 9.34. The van der Waals surface area contributed by atoms with Crippen molar-refractivity contribution in [3.8, 4) is 11.1 Å². The van der Waals surface area contributed by atoms with Gasteiger partial charge in [-0.25, -0.2) is 17.6 Å². The summed E-state index contributed by atoms with van der Waals surface area (Å²) in [5.74, 6) is -3.59. The minimum absolute atomic E-state index is 0.0289. The van der Waals surface area contributed by atoms with Crippen LogP contribution >= 0.6 is 0 Å². The normalized spacial score (nSPS) is 11.4. The van der Waals surface area contributed by atoms with Crippen LogP contribution in [0.25, 0.3) is 22.2 Å². The van der Waals surface area contributed by atoms with Gasteiger partial charge in [0.2, 0.25) is 0 Å². The number of fused-ring (bicyclic) bond motifs is 1. The van der Waals surface area contributed by atoms with Crippen molar-refractivity contribution in [1.82, 2.24) is 9.30 Å². The first kappa shape index (κ1) is 27.3. The van der Waals surface area contributed by atoms with Gasteiger partial charge in [0, 0.05) is 37.5 Å². The molecule has 0 aliphatic heterocycles. The highest BCUT2D eigenvalue weighted by Gasteiger charge is 2.22. The van der Waals surface area contributed by atoms with Gasteiger partial charge in [0.15, 0.2) is 5.43 Å². The summed E-state index contributed by atoms with van der Waals surface area (Å²) in [4.78, 5) is 26.0. The number of pyridine rings is 2. The Morgan fingerprint density at radius 3 is 2.26 bits per heavy atom. The van der Waals surface area contributed by atoms with Crippen molar-refractivity contribution >= 4 is 17.0 Å². The zero-order valence-corrected chi connectivity index (χ0v) is 19.9. The molecular formula is C27H26F4N2O2. The fourth-order valence-electron chi connectivity index (χ4n) is 3.49. The van der Waals surface area contributed by atoms with Crippen molar-refractivity contribution in [2.24, 2.45) is 0 Å². The number of nitrogens with zero attached hydrogens (tertiary/aromatic N) is 2. The minimum Gasteiger partial charge on any atom is -0.345 e. The summed E-state index contributed by atoms with van der Waals surface area (Å²) in [6.45, 7) is 7.30. The Morgan fingerprint density at radius 1 is 1.09 bits per heavy atom. The molecule has 8 heteroatoms. The van der Waals surface area contributed by atoms with Gasteiger partial charge in [0.1, 0.15) is 17.5 Å². The van der Waals surface area contributed by atoms with E-state index in [4.69, 9.17) is 0 Å². The lowest BCUT2D eigenvalue weighted by atomic mass is 9.99. The maximum Gasteiger partial charge on any atom is 0.253 e. The fraction of sp³-hybridized carbons (Fsp3) is 0.185. The van der Waals surface area contributed by atoms with E-state index >= 15 is 8.78 Å². The number of aromatic nitrogens is 1. The van der Waals surface area contributed by atoms with Crippen LogP contribution in [0.15, 0.2) is 78.3 Å². The Morgan fingerprint density at radius 2 is 1.71 bits per heavy atom. The zero-order chi connectivity index (χ0) is 26.3. The van der Waals surface area contributed by atoms with E-state index in [9.17, 15) is 18.4 Å². The molecule has 184 valence electrons. The van der Waals surface area contributed by atoms with E-state index in [1.54, 1.807) is 0 Å². The standard InChI is InChI=1S/C25H20F4N2O2.C2H6/c1-15(27)17(7-4-5-11-26)20-8-6-9-21-24(22(32)10-12-31(20)21)23-18(28)13-16(14-19(23)29)25(33)30(2)3;1-2/h5-14H,1,4H2,2-3H3;1-2H3/b11-5+,17-7?;. The summed E-state index contributed by atoms with van der Waals surface area (Å²) in [6, 6.07) is 7.32. The van der Waals surface area contributed by atoms with Gasteiger partial charge in [0.05, 0.1) is 28.7 Å². The molecule has 0 aliphatic rings. The molecule has 3 aromatic rings. The first-order valence-corrected chi connectivity index (χ1v) is 10.8. The summed E-state index contributed by atoms with van der Waals surface area (Å²) < 4.78 is 58.0. The number of carbonyl (C=O) groups excluding carboxylic acids is 1. The summed E-state index contributed by atoms with van der Waals surface area (Å²) in [5, 5.41) is 0. The molecule has 2 aromatic heterocycles. The number of amides is 1. The summed E-state index contributed by atoms with van der Waals surface area (Å²) >= 11 is 0. The van der Waals surface area contributed by atoms with Gasteiger partial charge < -0.3 is 9.30 Å². The van der Waals surface area contributed by atoms with Crippen LogP contribution < -0.4 is 5.43 Å². The van der Waals surface area contributed by atoms with Crippen LogP contribution in [-0.2, 0) is 0 Å². The molecule has 4 nitrogen and oxygen atoms in total. The molecule has 0 fully saturated rings. The third-order valence-corrected chi connectivity index (χ3v) is 4.97. The largest absolute Gasteiger partial charge is 0.345 e. The highest BCUT2D eigenvalue weighted by Crippen LogP contribution is 2.31. The van der Waals surface area contributed by atoms with Gasteiger partial charge in [-0.05, 0) is 30.7 Å². The van der Waals surface area contributed by atoms with Crippen LogP contribution in [0.1, 0.15) is 36.3 Å². The number of halogens is 4. The smallest absolute Gasteiger partial charge is 0.253 e. The quantitative estimate of drug-likeness (QED) is 0.287. The van der Waals surface area contributed by atoms with Crippen LogP contribution in [0.4, 0.5) is 17.6 Å². The molecule has 1 amide bonds. The topological polar surface area (TPSA) is 41.8 Å². The highest BCUT2D eigenvalue weighted by atomic mass is 19.1. The summed E-state index contributed by atoms with van der Waals surface area (Å²) in [6.07, 6.45) is 4.30. The lowest BCUT2D eigenvalue weighted by molar-refractivity contribution is 0.0826. The third-order valence-electron chi connectivity index (χ3n) is 4.97. The molecule has 0 radical (unpaired) electrons. The van der Waals surface area contributed by atoms with Crippen molar-refractivity contribution in [1.29, 1.82) is 0 Å². The number of benzene rings is 1. The number of allylic oxidation sites excluding steroid dienone is 4. The van der Waals surface area contributed by atoms with E-state index in [1.807, 2.05) is 13.8 Å². The van der Waals surface area contributed by atoms with Gasteiger partial charge in [-0.15, -0.1) is 0 Å². The van der Waals surface area contributed by atoms with Gasteiger partial charge in [0.25, 0.3) is 5.91 Å². The minimum atomic E-state index is -1.09. The first-order valence-electron chi connectivity index (χ1n) is 10.8. The van der Waals surface area contributed by atoms with E-state index in [-0.39, 0.29) is 34.3 Å². The Labute approximate surface area is 201 Å². The Balaban J connectivity index is 0.00000210. The number of carbonyl (C=O) groups is 1. The summed E-state index contributed by atoms with van der Waals surface area (Å²) in [5.41, 5.74) is -1.38. The molecule has 0 saturated carbocycles. The average Bonchev–Trinajstić information content (AvgIpc) is 2.82. The van der Waals surface area contributed by atoms with Crippen molar-refractivity contribution in [3.63, 3.8) is 0 Å². The van der Waals surface area contributed by atoms with Gasteiger partial charge in [-0.3, -0.25) is 9.59 Å². The van der Waals surface area contributed by atoms with Crippen LogP contribution in [-0.4, -0.2) is 29.3 Å². The lowest BCUT2D eigenvalue weighted by Gasteiger charge is -2.16. The average molecular weight is 487 g/mol. The van der Waals surface area contributed by atoms with Gasteiger partial charge in [-0.1, -0.05) is 38.6 Å². The molecule has 0 spiro atoms. The molecule has 0 aliphatic carbocycles. The van der Waals surface area contributed by atoms with Crippen molar-refractivity contribution in [2.75, 3.05) is 14.1 Å². The maximum absolute atomic E-state index is 15.0. The van der Waals surface area contributed by atoms with Crippen molar-refractivity contribution < 1.29 is 22.4 Å². The zero-order valence-electron chi connectivity index (χ0n) is 19.9. The SMILES string of the molecule is C=C(F)C(=CC/C=C/F)c1cccc2c(-c3c(F)cc(C(=O)N(C)C)cc3F)c(=O)ccn12.CC. The summed E-state index contributed by atoms with van der Waals surface area (Å²) in [7, 11) is 2.88. The molecular weight excluding hydrogens is 460 g/mol. The molecule has 0 saturated heterocycles. The monoisotopic (exact) mass is 486 g/mol. The molecule has 3 rings (SSSR count). The van der Waals surface area contributed by atoms with Crippen molar-refractivity contribution in [2.45, 2.75) is 20.3 Å². The molecule has 1 aromatic carbocycles. The number of hydrogen-bond acceptors (Lipinski definition) is 2. The maximum atomic E-state index is 15.0. The predicted octanol–water partition coefficient (Wildman–Crippen LogP) is 6.71. The third kappa shape index (κ3) is 5.77. The van der Waals surface area contributed by atoms with Crippen molar-refractivity contribution in [3.05, 3.63) is 107 Å². The molecule has 0 unspecified atom stereocenters. The molecule has 2 heterocycles. The van der Waals surface area contributed by atoms with E-state index in [2.05, 4.69) is 6.58 Å². The van der Waals surface area contributed by atoms with Crippen LogP contribution in [0, 0.1) is 11.6 Å². The van der Waals surface area contributed by atoms with Gasteiger partial charge >= 0.3 is 0 Å². The lowest BCUT2D eigenvalue weighted by Crippen LogP contribution is -2.22. The number of rotatable bonds is 6. The van der Waals surface area contributed by atoms with E-state index in [0.717, 1.165) is 18.2 Å². The number of hydrogen-bond donors (Lipinski definition) is 0.